The Morgan fingerprint density at radius 1 is 1.40 bits per heavy atom. The first kappa shape index (κ1) is 16.4. The number of rotatable bonds is 7. The average molecular weight is 302 g/mol. The summed E-state index contributed by atoms with van der Waals surface area (Å²) in [7, 11) is -2.36. The Kier molecular flexibility index (Phi) is 5.93. The summed E-state index contributed by atoms with van der Waals surface area (Å²) in [6, 6.07) is 3.91. The molecule has 0 aromatic heterocycles. The fourth-order valence-corrected chi connectivity index (χ4v) is 2.05. The van der Waals surface area contributed by atoms with Gasteiger partial charge in [0, 0.05) is 13.7 Å². The van der Waals surface area contributed by atoms with E-state index in [0.29, 0.717) is 25.5 Å². The molecule has 1 aromatic carbocycles. The van der Waals surface area contributed by atoms with Crippen LogP contribution in [0.15, 0.2) is 23.1 Å². The van der Waals surface area contributed by atoms with Crippen LogP contribution in [-0.4, -0.2) is 41.2 Å². The molecule has 1 amide bonds. The monoisotopic (exact) mass is 302 g/mol. The van der Waals surface area contributed by atoms with Crippen LogP contribution in [0, 0.1) is 0 Å². The Morgan fingerprint density at radius 2 is 2.10 bits per heavy atom. The molecular weight excluding hydrogens is 284 g/mol. The maximum atomic E-state index is 12.0. The van der Waals surface area contributed by atoms with E-state index in [4.69, 9.17) is 14.6 Å². The highest BCUT2D eigenvalue weighted by molar-refractivity contribution is 7.89. The Labute approximate surface area is 118 Å². The molecule has 20 heavy (non-hydrogen) atoms. The SMILES string of the molecule is CCOc1ccc(S(N)(=O)=O)cc1C(=O)NCCOC. The van der Waals surface area contributed by atoms with Crippen molar-refractivity contribution in [2.45, 2.75) is 11.8 Å². The van der Waals surface area contributed by atoms with Gasteiger partial charge in [0.15, 0.2) is 0 Å². The maximum absolute atomic E-state index is 12.0. The van der Waals surface area contributed by atoms with Crippen molar-refractivity contribution in [3.8, 4) is 5.75 Å². The molecule has 8 heteroatoms. The van der Waals surface area contributed by atoms with Gasteiger partial charge in [-0.15, -0.1) is 0 Å². The van der Waals surface area contributed by atoms with Crippen molar-refractivity contribution >= 4 is 15.9 Å². The second-order valence-corrected chi connectivity index (χ2v) is 5.45. The number of nitrogens with one attached hydrogen (secondary N) is 1. The lowest BCUT2D eigenvalue weighted by Gasteiger charge is -2.11. The van der Waals surface area contributed by atoms with Crippen LogP contribution in [-0.2, 0) is 14.8 Å². The molecule has 0 bridgehead atoms. The van der Waals surface area contributed by atoms with Crippen molar-refractivity contribution in [3.63, 3.8) is 0 Å². The van der Waals surface area contributed by atoms with Crippen LogP contribution in [0.25, 0.3) is 0 Å². The number of benzene rings is 1. The van der Waals surface area contributed by atoms with Crippen LogP contribution < -0.4 is 15.2 Å². The van der Waals surface area contributed by atoms with Gasteiger partial charge in [0.2, 0.25) is 10.0 Å². The molecular formula is C12H18N2O5S. The van der Waals surface area contributed by atoms with Crippen LogP contribution in [0.4, 0.5) is 0 Å². The third kappa shape index (κ3) is 4.48. The van der Waals surface area contributed by atoms with Crippen LogP contribution in [0.5, 0.6) is 5.75 Å². The van der Waals surface area contributed by atoms with Crippen molar-refractivity contribution in [1.29, 1.82) is 0 Å². The molecule has 0 saturated carbocycles. The number of primary sulfonamides is 1. The molecule has 3 N–H and O–H groups in total. The van der Waals surface area contributed by atoms with E-state index in [1.165, 1.54) is 25.3 Å². The average Bonchev–Trinajstić information content (AvgIpc) is 2.38. The number of ether oxygens (including phenoxy) is 2. The summed E-state index contributed by atoms with van der Waals surface area (Å²) >= 11 is 0. The molecule has 7 nitrogen and oxygen atoms in total. The molecule has 0 radical (unpaired) electrons. The fraction of sp³-hybridized carbons (Fsp3) is 0.417. The van der Waals surface area contributed by atoms with Gasteiger partial charge in [0.25, 0.3) is 5.91 Å². The predicted octanol–water partition coefficient (Wildman–Crippen LogP) is 0.109. The lowest BCUT2D eigenvalue weighted by atomic mass is 10.2. The van der Waals surface area contributed by atoms with Crippen LogP contribution in [0.1, 0.15) is 17.3 Å². The number of hydrogen-bond donors (Lipinski definition) is 2. The van der Waals surface area contributed by atoms with Gasteiger partial charge < -0.3 is 14.8 Å². The number of sulfonamides is 1. The standard InChI is InChI=1S/C12H18N2O5S/c1-3-19-11-5-4-9(20(13,16)17)8-10(11)12(15)14-6-7-18-2/h4-5,8H,3,6-7H2,1-2H3,(H,14,15)(H2,13,16,17). The molecule has 0 saturated heterocycles. The zero-order valence-corrected chi connectivity index (χ0v) is 12.2. The highest BCUT2D eigenvalue weighted by Gasteiger charge is 2.17. The highest BCUT2D eigenvalue weighted by atomic mass is 32.2. The summed E-state index contributed by atoms with van der Waals surface area (Å²) in [6.07, 6.45) is 0. The van der Waals surface area contributed by atoms with Crippen molar-refractivity contribution in [1.82, 2.24) is 5.32 Å². The molecule has 0 unspecified atom stereocenters. The van der Waals surface area contributed by atoms with E-state index >= 15 is 0 Å². The van der Waals surface area contributed by atoms with Gasteiger partial charge >= 0.3 is 0 Å². The third-order valence-electron chi connectivity index (χ3n) is 2.42. The summed E-state index contributed by atoms with van der Waals surface area (Å²) in [6.45, 7) is 2.78. The fourth-order valence-electron chi connectivity index (χ4n) is 1.51. The summed E-state index contributed by atoms with van der Waals surface area (Å²) < 4.78 is 32.8. The molecule has 1 aromatic rings. The smallest absolute Gasteiger partial charge is 0.255 e. The van der Waals surface area contributed by atoms with Gasteiger partial charge in [-0.3, -0.25) is 4.79 Å². The van der Waals surface area contributed by atoms with Crippen molar-refractivity contribution in [2.75, 3.05) is 26.9 Å². The summed E-state index contributed by atoms with van der Waals surface area (Å²) in [4.78, 5) is 11.9. The van der Waals surface area contributed by atoms with Gasteiger partial charge in [0.05, 0.1) is 23.7 Å². The molecule has 0 aliphatic heterocycles. The second-order valence-electron chi connectivity index (χ2n) is 3.88. The first-order valence-corrected chi connectivity index (χ1v) is 7.51. The van der Waals surface area contributed by atoms with E-state index in [0.717, 1.165) is 0 Å². The molecule has 112 valence electrons. The molecule has 0 atom stereocenters. The first-order valence-electron chi connectivity index (χ1n) is 5.97. The van der Waals surface area contributed by atoms with Gasteiger partial charge in [-0.1, -0.05) is 0 Å². The quantitative estimate of drug-likeness (QED) is 0.695. The Balaban J connectivity index is 3.08. The molecule has 0 aliphatic rings. The first-order chi connectivity index (χ1) is 9.40. The predicted molar refractivity (Wildman–Crippen MR) is 73.2 cm³/mol. The number of hydrogen-bond acceptors (Lipinski definition) is 5. The highest BCUT2D eigenvalue weighted by Crippen LogP contribution is 2.22. The maximum Gasteiger partial charge on any atom is 0.255 e. The van der Waals surface area contributed by atoms with E-state index in [-0.39, 0.29) is 10.5 Å². The number of carbonyl (C=O) groups excluding carboxylic acids is 1. The number of methoxy groups -OCH3 is 1. The lowest BCUT2D eigenvalue weighted by molar-refractivity contribution is 0.0933. The van der Waals surface area contributed by atoms with Gasteiger partial charge in [0.1, 0.15) is 5.75 Å². The molecule has 1 rings (SSSR count). The minimum atomic E-state index is -3.88. The lowest BCUT2D eigenvalue weighted by Crippen LogP contribution is -2.27. The molecule has 0 heterocycles. The van der Waals surface area contributed by atoms with Gasteiger partial charge in [-0.25, -0.2) is 13.6 Å². The summed E-state index contributed by atoms with van der Waals surface area (Å²) in [5.41, 5.74) is 0.120. The van der Waals surface area contributed by atoms with E-state index in [2.05, 4.69) is 5.32 Å². The van der Waals surface area contributed by atoms with Crippen molar-refractivity contribution in [3.05, 3.63) is 23.8 Å². The minimum Gasteiger partial charge on any atom is -0.493 e. The van der Waals surface area contributed by atoms with Crippen molar-refractivity contribution < 1.29 is 22.7 Å². The van der Waals surface area contributed by atoms with Gasteiger partial charge in [-0.05, 0) is 25.1 Å². The minimum absolute atomic E-state index is 0.120. The van der Waals surface area contributed by atoms with E-state index in [1.54, 1.807) is 6.92 Å². The van der Waals surface area contributed by atoms with E-state index in [1.807, 2.05) is 0 Å². The number of carbonyl (C=O) groups is 1. The zero-order valence-electron chi connectivity index (χ0n) is 11.4. The van der Waals surface area contributed by atoms with E-state index < -0.39 is 15.9 Å². The van der Waals surface area contributed by atoms with Crippen LogP contribution in [0.3, 0.4) is 0 Å². The Hall–Kier alpha value is -1.64. The van der Waals surface area contributed by atoms with Crippen molar-refractivity contribution in [2.24, 2.45) is 5.14 Å². The topological polar surface area (TPSA) is 108 Å². The largest absolute Gasteiger partial charge is 0.493 e. The Morgan fingerprint density at radius 3 is 2.65 bits per heavy atom. The zero-order chi connectivity index (χ0) is 15.2. The molecule has 0 spiro atoms. The Bertz CT molecular complexity index is 571. The molecule has 0 aliphatic carbocycles. The van der Waals surface area contributed by atoms with Crippen LogP contribution in [0.2, 0.25) is 0 Å². The normalized spacial score (nSPS) is 11.2. The number of nitrogens with two attached hydrogens (primary N) is 1. The summed E-state index contributed by atoms with van der Waals surface area (Å²) in [5.74, 6) is -0.147. The van der Waals surface area contributed by atoms with Gasteiger partial charge in [-0.2, -0.15) is 0 Å². The third-order valence-corrected chi connectivity index (χ3v) is 3.33. The van der Waals surface area contributed by atoms with Crippen LogP contribution >= 0.6 is 0 Å². The van der Waals surface area contributed by atoms with E-state index in [9.17, 15) is 13.2 Å². The summed E-state index contributed by atoms with van der Waals surface area (Å²) in [5, 5.41) is 7.65. The second kappa shape index (κ2) is 7.22. The number of amides is 1. The molecule has 0 fully saturated rings.